The average molecular weight is 165 g/mol. The van der Waals surface area contributed by atoms with E-state index >= 15 is 0 Å². The molecule has 1 aliphatic carbocycles. The van der Waals surface area contributed by atoms with Gasteiger partial charge in [-0.15, -0.1) is 11.6 Å². The molecule has 1 aromatic carbocycles. The fourth-order valence-corrected chi connectivity index (χ4v) is 1.70. The first-order chi connectivity index (χ1) is 5.29. The fourth-order valence-electron chi connectivity index (χ4n) is 1.44. The predicted octanol–water partition coefficient (Wildman–Crippen LogP) is 3.38. The van der Waals surface area contributed by atoms with Gasteiger partial charge in [0.25, 0.3) is 0 Å². The second-order valence-corrected chi connectivity index (χ2v) is 3.32. The molecule has 0 spiro atoms. The molecule has 0 aromatic heterocycles. The molecule has 0 fully saturated rings. The first-order valence-electron chi connectivity index (χ1n) is 3.70. The summed E-state index contributed by atoms with van der Waals surface area (Å²) < 4.78 is 0. The Labute approximate surface area is 71.5 Å². The maximum absolute atomic E-state index is 6.12. The number of allylic oxidation sites excluding steroid dienone is 1. The van der Waals surface area contributed by atoms with E-state index in [2.05, 4.69) is 25.1 Å². The number of benzene rings is 1. The van der Waals surface area contributed by atoms with Crippen LogP contribution in [0.5, 0.6) is 0 Å². The summed E-state index contributed by atoms with van der Waals surface area (Å²) in [7, 11) is 0. The normalized spacial score (nSPS) is 21.3. The zero-order chi connectivity index (χ0) is 7.84. The second kappa shape index (κ2) is 2.38. The lowest BCUT2D eigenvalue weighted by atomic mass is 10.1. The Morgan fingerprint density at radius 3 is 2.73 bits per heavy atom. The van der Waals surface area contributed by atoms with Crippen molar-refractivity contribution in [3.8, 4) is 0 Å². The molecule has 1 atom stereocenters. The molecule has 0 heterocycles. The van der Waals surface area contributed by atoms with Crippen LogP contribution in [0.25, 0.3) is 6.08 Å². The van der Waals surface area contributed by atoms with E-state index in [1.807, 2.05) is 12.1 Å². The molecule has 0 aliphatic heterocycles. The molecule has 0 bridgehead atoms. The van der Waals surface area contributed by atoms with E-state index in [4.69, 9.17) is 11.6 Å². The Hall–Kier alpha value is -0.750. The minimum absolute atomic E-state index is 0.103. The molecule has 1 aromatic rings. The third kappa shape index (κ3) is 0.982. The molecular formula is C10H9Cl. The summed E-state index contributed by atoms with van der Waals surface area (Å²) in [6.07, 6.45) is 2.15. The van der Waals surface area contributed by atoms with E-state index in [1.54, 1.807) is 0 Å². The highest BCUT2D eigenvalue weighted by molar-refractivity contribution is 6.23. The van der Waals surface area contributed by atoms with Crippen molar-refractivity contribution in [3.63, 3.8) is 0 Å². The van der Waals surface area contributed by atoms with Crippen LogP contribution >= 0.6 is 11.6 Å². The van der Waals surface area contributed by atoms with Gasteiger partial charge in [0.2, 0.25) is 0 Å². The summed E-state index contributed by atoms with van der Waals surface area (Å²) in [4.78, 5) is 0. The zero-order valence-corrected chi connectivity index (χ0v) is 7.10. The first kappa shape index (κ1) is 6.93. The fraction of sp³-hybridized carbons (Fsp3) is 0.200. The van der Waals surface area contributed by atoms with Crippen molar-refractivity contribution < 1.29 is 0 Å². The molecule has 0 N–H and O–H groups in total. The van der Waals surface area contributed by atoms with E-state index in [0.29, 0.717) is 0 Å². The Morgan fingerprint density at radius 2 is 2.00 bits per heavy atom. The molecule has 0 amide bonds. The number of alkyl halides is 1. The summed E-state index contributed by atoms with van der Waals surface area (Å²) in [5, 5.41) is 0.103. The summed E-state index contributed by atoms with van der Waals surface area (Å²) >= 11 is 6.12. The van der Waals surface area contributed by atoms with E-state index in [9.17, 15) is 0 Å². The minimum atomic E-state index is 0.103. The van der Waals surface area contributed by atoms with Gasteiger partial charge in [-0.1, -0.05) is 35.9 Å². The van der Waals surface area contributed by atoms with E-state index in [-0.39, 0.29) is 5.38 Å². The van der Waals surface area contributed by atoms with Gasteiger partial charge in [-0.25, -0.2) is 0 Å². The monoisotopic (exact) mass is 164 g/mol. The van der Waals surface area contributed by atoms with Crippen LogP contribution in [0.15, 0.2) is 29.8 Å². The van der Waals surface area contributed by atoms with Gasteiger partial charge in [0.1, 0.15) is 0 Å². The van der Waals surface area contributed by atoms with Crippen molar-refractivity contribution in [2.24, 2.45) is 0 Å². The van der Waals surface area contributed by atoms with Gasteiger partial charge in [-0.2, -0.15) is 0 Å². The second-order valence-electron chi connectivity index (χ2n) is 2.88. The lowest BCUT2D eigenvalue weighted by Crippen LogP contribution is -1.85. The van der Waals surface area contributed by atoms with Crippen LogP contribution in [0.1, 0.15) is 23.4 Å². The maximum atomic E-state index is 6.12. The molecule has 56 valence electrons. The Morgan fingerprint density at radius 1 is 1.27 bits per heavy atom. The van der Waals surface area contributed by atoms with Gasteiger partial charge in [0.15, 0.2) is 0 Å². The van der Waals surface area contributed by atoms with Crippen LogP contribution in [0.4, 0.5) is 0 Å². The number of rotatable bonds is 0. The predicted molar refractivity (Wildman–Crippen MR) is 48.7 cm³/mol. The molecule has 1 heteroatoms. The third-order valence-corrected chi connectivity index (χ3v) is 2.63. The lowest BCUT2D eigenvalue weighted by Gasteiger charge is -2.03. The van der Waals surface area contributed by atoms with Gasteiger partial charge in [0, 0.05) is 0 Å². The summed E-state index contributed by atoms with van der Waals surface area (Å²) in [6.45, 7) is 2.07. The summed E-state index contributed by atoms with van der Waals surface area (Å²) in [5.41, 5.74) is 3.75. The van der Waals surface area contributed by atoms with Gasteiger partial charge in [0.05, 0.1) is 5.38 Å². The molecular weight excluding hydrogens is 156 g/mol. The van der Waals surface area contributed by atoms with Crippen molar-refractivity contribution in [1.29, 1.82) is 0 Å². The van der Waals surface area contributed by atoms with E-state index in [0.717, 1.165) is 0 Å². The lowest BCUT2D eigenvalue weighted by molar-refractivity contribution is 1.14. The van der Waals surface area contributed by atoms with Crippen LogP contribution in [0.2, 0.25) is 0 Å². The van der Waals surface area contributed by atoms with E-state index in [1.165, 1.54) is 16.7 Å². The standard InChI is InChI=1S/C10H9Cl/c1-7-6-8-4-2-3-5-9(8)10(7)11/h2-6,10H,1H3. The molecule has 1 unspecified atom stereocenters. The van der Waals surface area contributed by atoms with Crippen LogP contribution in [-0.4, -0.2) is 0 Å². The molecule has 0 nitrogen and oxygen atoms in total. The van der Waals surface area contributed by atoms with E-state index < -0.39 is 0 Å². The molecule has 11 heavy (non-hydrogen) atoms. The summed E-state index contributed by atoms with van der Waals surface area (Å²) in [6, 6.07) is 8.25. The highest BCUT2D eigenvalue weighted by Gasteiger charge is 2.18. The van der Waals surface area contributed by atoms with Crippen LogP contribution in [0, 0.1) is 0 Å². The number of fused-ring (bicyclic) bond motifs is 1. The number of halogens is 1. The molecule has 2 rings (SSSR count). The van der Waals surface area contributed by atoms with Crippen LogP contribution in [0.3, 0.4) is 0 Å². The van der Waals surface area contributed by atoms with Crippen molar-refractivity contribution >= 4 is 17.7 Å². The maximum Gasteiger partial charge on any atom is 0.0801 e. The quantitative estimate of drug-likeness (QED) is 0.516. The van der Waals surface area contributed by atoms with Gasteiger partial charge < -0.3 is 0 Å². The Kier molecular flexibility index (Phi) is 1.50. The van der Waals surface area contributed by atoms with Crippen molar-refractivity contribution in [1.82, 2.24) is 0 Å². The largest absolute Gasteiger partial charge is 0.113 e. The summed E-state index contributed by atoms with van der Waals surface area (Å²) in [5.74, 6) is 0. The Balaban J connectivity index is 2.58. The van der Waals surface area contributed by atoms with Crippen LogP contribution < -0.4 is 0 Å². The number of hydrogen-bond acceptors (Lipinski definition) is 0. The number of hydrogen-bond donors (Lipinski definition) is 0. The molecule has 1 aliphatic rings. The average Bonchev–Trinajstić information content (AvgIpc) is 2.30. The highest BCUT2D eigenvalue weighted by atomic mass is 35.5. The Bertz CT molecular complexity index is 312. The van der Waals surface area contributed by atoms with Crippen molar-refractivity contribution in [2.45, 2.75) is 12.3 Å². The molecule has 0 saturated heterocycles. The third-order valence-electron chi connectivity index (χ3n) is 2.05. The van der Waals surface area contributed by atoms with Gasteiger partial charge in [-0.05, 0) is 18.1 Å². The smallest absolute Gasteiger partial charge is 0.0801 e. The first-order valence-corrected chi connectivity index (χ1v) is 4.14. The van der Waals surface area contributed by atoms with Gasteiger partial charge >= 0.3 is 0 Å². The minimum Gasteiger partial charge on any atom is -0.113 e. The molecule has 0 radical (unpaired) electrons. The van der Waals surface area contributed by atoms with Crippen molar-refractivity contribution in [3.05, 3.63) is 41.0 Å². The topological polar surface area (TPSA) is 0 Å². The van der Waals surface area contributed by atoms with Crippen LogP contribution in [-0.2, 0) is 0 Å². The molecule has 0 saturated carbocycles. The zero-order valence-electron chi connectivity index (χ0n) is 6.34. The SMILES string of the molecule is CC1=Cc2ccccc2C1Cl. The van der Waals surface area contributed by atoms with Crippen molar-refractivity contribution in [2.75, 3.05) is 0 Å². The van der Waals surface area contributed by atoms with Gasteiger partial charge in [-0.3, -0.25) is 0 Å². The highest BCUT2D eigenvalue weighted by Crippen LogP contribution is 2.38.